The summed E-state index contributed by atoms with van der Waals surface area (Å²) in [5, 5.41) is 1.07. The number of rotatable bonds is 6. The number of carbonyl (C=O) groups excluding carboxylic acids is 1. The van der Waals surface area contributed by atoms with Crippen LogP contribution in [0, 0.1) is 5.92 Å². The fraction of sp³-hybridized carbons (Fsp3) is 0.533. The monoisotopic (exact) mass is 325 g/mol. The summed E-state index contributed by atoms with van der Waals surface area (Å²) in [6, 6.07) is 9.96. The van der Waals surface area contributed by atoms with Crippen LogP contribution < -0.4 is 0 Å². The molecule has 0 N–H and O–H groups in total. The maximum atomic E-state index is 10.7. The maximum absolute atomic E-state index is 10.7. The Bertz CT molecular complexity index is 377. The molecule has 19 heavy (non-hydrogen) atoms. The Morgan fingerprint density at radius 3 is 2.58 bits per heavy atom. The van der Waals surface area contributed by atoms with Gasteiger partial charge in [-0.2, -0.15) is 0 Å². The largest absolute Gasteiger partial charge is 0.444 e. The number of nitrogens with zero attached hydrogens (tertiary/aromatic N) is 1. The molecule has 2 rings (SSSR count). The second-order valence-electron chi connectivity index (χ2n) is 4.95. The van der Waals surface area contributed by atoms with E-state index in [0.717, 1.165) is 29.9 Å². The van der Waals surface area contributed by atoms with Gasteiger partial charge in [0.2, 0.25) is 0 Å². The van der Waals surface area contributed by atoms with Crippen LogP contribution in [0.5, 0.6) is 0 Å². The van der Waals surface area contributed by atoms with Gasteiger partial charge in [-0.15, -0.1) is 0 Å². The summed E-state index contributed by atoms with van der Waals surface area (Å²) in [6.45, 7) is 2.54. The molecule has 0 saturated carbocycles. The second kappa shape index (κ2) is 7.65. The number of hydrogen-bond acceptors (Lipinski definition) is 3. The van der Waals surface area contributed by atoms with Crippen LogP contribution in [0.1, 0.15) is 31.1 Å². The van der Waals surface area contributed by atoms with E-state index in [1.807, 2.05) is 30.3 Å². The van der Waals surface area contributed by atoms with Crippen molar-refractivity contribution < 1.29 is 9.53 Å². The Kier molecular flexibility index (Phi) is 5.86. The smallest absolute Gasteiger partial charge is 0.294 e. The van der Waals surface area contributed by atoms with Crippen molar-refractivity contribution in [2.75, 3.05) is 18.4 Å². The fourth-order valence-electron chi connectivity index (χ4n) is 2.68. The quantitative estimate of drug-likeness (QED) is 0.593. The summed E-state index contributed by atoms with van der Waals surface area (Å²) in [5.74, 6) is 0.795. The molecule has 0 radical (unpaired) electrons. The Morgan fingerprint density at radius 1 is 1.32 bits per heavy atom. The molecule has 0 aliphatic carbocycles. The number of carbonyl (C=O) groups is 1. The molecule has 1 aliphatic rings. The van der Waals surface area contributed by atoms with Crippen LogP contribution >= 0.6 is 15.9 Å². The summed E-state index contributed by atoms with van der Waals surface area (Å²) in [7, 11) is 0. The van der Waals surface area contributed by atoms with Crippen molar-refractivity contribution in [3.8, 4) is 0 Å². The minimum Gasteiger partial charge on any atom is -0.444 e. The van der Waals surface area contributed by atoms with Crippen molar-refractivity contribution in [3.05, 3.63) is 35.9 Å². The number of ether oxygens (including phenoxy) is 1. The summed E-state index contributed by atoms with van der Waals surface area (Å²) in [5.41, 5.74) is 1.05. The Hall–Kier alpha value is -0.870. The number of hydrogen-bond donors (Lipinski definition) is 0. The molecular formula is C15H20BrNO2. The van der Waals surface area contributed by atoms with Crippen LogP contribution in [0.15, 0.2) is 30.3 Å². The van der Waals surface area contributed by atoms with Gasteiger partial charge < -0.3 is 4.74 Å². The minimum absolute atomic E-state index is 0.233. The van der Waals surface area contributed by atoms with E-state index >= 15 is 0 Å². The van der Waals surface area contributed by atoms with Gasteiger partial charge in [0.1, 0.15) is 0 Å². The lowest BCUT2D eigenvalue weighted by Crippen LogP contribution is -2.38. The normalized spacial score (nSPS) is 19.0. The first-order valence-electron chi connectivity index (χ1n) is 6.79. The highest BCUT2D eigenvalue weighted by atomic mass is 79.9. The van der Waals surface area contributed by atoms with Gasteiger partial charge in [0.25, 0.3) is 6.47 Å². The molecule has 0 amide bonds. The maximum Gasteiger partial charge on any atom is 0.294 e. The van der Waals surface area contributed by atoms with Gasteiger partial charge in [-0.3, -0.25) is 9.69 Å². The zero-order chi connectivity index (χ0) is 13.5. The number of piperidine rings is 1. The average Bonchev–Trinajstić information content (AvgIpc) is 2.47. The first-order valence-corrected chi connectivity index (χ1v) is 7.91. The van der Waals surface area contributed by atoms with E-state index in [-0.39, 0.29) is 6.23 Å². The molecule has 1 saturated heterocycles. The lowest BCUT2D eigenvalue weighted by atomic mass is 9.94. The summed E-state index contributed by atoms with van der Waals surface area (Å²) < 4.78 is 5.30. The van der Waals surface area contributed by atoms with Crippen LogP contribution in [0.4, 0.5) is 0 Å². The lowest BCUT2D eigenvalue weighted by Gasteiger charge is -2.36. The zero-order valence-electron chi connectivity index (χ0n) is 11.0. The molecule has 1 aliphatic heterocycles. The SMILES string of the molecule is O=COC(c1ccccc1)N1CCC(CCBr)CC1. The Balaban J connectivity index is 1.99. The van der Waals surface area contributed by atoms with Crippen molar-refractivity contribution in [3.63, 3.8) is 0 Å². The van der Waals surface area contributed by atoms with Gasteiger partial charge in [0.15, 0.2) is 6.23 Å². The number of halogens is 1. The van der Waals surface area contributed by atoms with E-state index in [9.17, 15) is 4.79 Å². The molecule has 0 bridgehead atoms. The van der Waals surface area contributed by atoms with E-state index in [2.05, 4.69) is 20.8 Å². The molecule has 1 aromatic rings. The minimum atomic E-state index is -0.233. The highest BCUT2D eigenvalue weighted by Gasteiger charge is 2.26. The third-order valence-corrected chi connectivity index (χ3v) is 4.23. The van der Waals surface area contributed by atoms with Gasteiger partial charge in [-0.1, -0.05) is 46.3 Å². The van der Waals surface area contributed by atoms with E-state index < -0.39 is 0 Å². The van der Waals surface area contributed by atoms with Crippen LogP contribution in [0.25, 0.3) is 0 Å². The molecule has 4 heteroatoms. The van der Waals surface area contributed by atoms with E-state index in [1.54, 1.807) is 0 Å². The predicted octanol–water partition coefficient (Wildman–Crippen LogP) is 3.36. The number of likely N-dealkylation sites (tertiary alicyclic amines) is 1. The number of benzene rings is 1. The Morgan fingerprint density at radius 2 is 2.00 bits per heavy atom. The van der Waals surface area contributed by atoms with Gasteiger partial charge in [-0.25, -0.2) is 0 Å². The van der Waals surface area contributed by atoms with Gasteiger partial charge in [0.05, 0.1) is 0 Å². The first kappa shape index (κ1) is 14.5. The average molecular weight is 326 g/mol. The third kappa shape index (κ3) is 4.05. The van der Waals surface area contributed by atoms with E-state index in [0.29, 0.717) is 6.47 Å². The summed E-state index contributed by atoms with van der Waals surface area (Å²) >= 11 is 3.51. The highest BCUT2D eigenvalue weighted by molar-refractivity contribution is 9.09. The van der Waals surface area contributed by atoms with E-state index in [4.69, 9.17) is 4.74 Å². The molecule has 1 aromatic carbocycles. The molecule has 1 fully saturated rings. The molecule has 104 valence electrons. The molecule has 1 atom stereocenters. The van der Waals surface area contributed by atoms with Gasteiger partial charge in [-0.05, 0) is 25.2 Å². The highest BCUT2D eigenvalue weighted by Crippen LogP contribution is 2.28. The fourth-order valence-corrected chi connectivity index (χ4v) is 3.32. The van der Waals surface area contributed by atoms with Gasteiger partial charge in [0, 0.05) is 24.0 Å². The van der Waals surface area contributed by atoms with Crippen molar-refractivity contribution in [2.45, 2.75) is 25.5 Å². The van der Waals surface area contributed by atoms with Crippen LogP contribution in [-0.2, 0) is 9.53 Å². The summed E-state index contributed by atoms with van der Waals surface area (Å²) in [4.78, 5) is 13.0. The third-order valence-electron chi connectivity index (χ3n) is 3.77. The summed E-state index contributed by atoms with van der Waals surface area (Å²) in [6.07, 6.45) is 3.36. The lowest BCUT2D eigenvalue weighted by molar-refractivity contribution is -0.146. The molecule has 0 spiro atoms. The molecular weight excluding hydrogens is 306 g/mol. The molecule has 1 heterocycles. The Labute approximate surface area is 123 Å². The predicted molar refractivity (Wildman–Crippen MR) is 79.0 cm³/mol. The van der Waals surface area contributed by atoms with Gasteiger partial charge >= 0.3 is 0 Å². The second-order valence-corrected chi connectivity index (χ2v) is 5.75. The van der Waals surface area contributed by atoms with Crippen LogP contribution in [0.2, 0.25) is 0 Å². The van der Waals surface area contributed by atoms with Crippen molar-refractivity contribution >= 4 is 22.4 Å². The van der Waals surface area contributed by atoms with Crippen LogP contribution in [-0.4, -0.2) is 29.8 Å². The molecule has 0 aromatic heterocycles. The topological polar surface area (TPSA) is 29.5 Å². The van der Waals surface area contributed by atoms with Crippen molar-refractivity contribution in [1.29, 1.82) is 0 Å². The standard InChI is InChI=1S/C15H20BrNO2/c16-9-6-13-7-10-17(11-8-13)15(19-12-18)14-4-2-1-3-5-14/h1-5,12-13,15H,6-11H2. The van der Waals surface area contributed by atoms with Crippen molar-refractivity contribution in [2.24, 2.45) is 5.92 Å². The van der Waals surface area contributed by atoms with Crippen molar-refractivity contribution in [1.82, 2.24) is 4.90 Å². The van der Waals surface area contributed by atoms with E-state index in [1.165, 1.54) is 19.3 Å². The first-order chi connectivity index (χ1) is 9.35. The number of alkyl halides is 1. The molecule has 3 nitrogen and oxygen atoms in total. The van der Waals surface area contributed by atoms with Crippen LogP contribution in [0.3, 0.4) is 0 Å². The zero-order valence-corrected chi connectivity index (χ0v) is 12.6. The molecule has 1 unspecified atom stereocenters.